The van der Waals surface area contributed by atoms with E-state index in [0.29, 0.717) is 49.6 Å². The standard InChI is InChI=1S/C15H25N3O5S/c1-4-13-14(11(3)23-17-13)15(19)18-8-9-22-10-12(18)6-7-16-24(20,21)5-2/h12,16H,4-10H2,1-3H3. The first-order chi connectivity index (χ1) is 11.4. The van der Waals surface area contributed by atoms with Crippen LogP contribution in [-0.2, 0) is 21.2 Å². The third-order valence-electron chi connectivity index (χ3n) is 4.15. The van der Waals surface area contributed by atoms with E-state index in [4.69, 9.17) is 9.26 Å². The van der Waals surface area contributed by atoms with Crippen LogP contribution in [0, 0.1) is 6.92 Å². The van der Waals surface area contributed by atoms with E-state index < -0.39 is 10.0 Å². The van der Waals surface area contributed by atoms with Crippen molar-refractivity contribution in [3.8, 4) is 0 Å². The first kappa shape index (κ1) is 18.9. The van der Waals surface area contributed by atoms with Crippen LogP contribution in [0.1, 0.15) is 42.1 Å². The highest BCUT2D eigenvalue weighted by Gasteiger charge is 2.31. The van der Waals surface area contributed by atoms with Crippen molar-refractivity contribution in [3.63, 3.8) is 0 Å². The minimum absolute atomic E-state index is 0.0382. The molecule has 1 amide bonds. The molecule has 0 radical (unpaired) electrons. The fourth-order valence-corrected chi connectivity index (χ4v) is 3.35. The second-order valence-corrected chi connectivity index (χ2v) is 7.82. The maximum atomic E-state index is 12.9. The van der Waals surface area contributed by atoms with Crippen molar-refractivity contribution < 1.29 is 22.5 Å². The summed E-state index contributed by atoms with van der Waals surface area (Å²) in [6.07, 6.45) is 1.11. The number of carbonyl (C=O) groups is 1. The molecule has 0 spiro atoms. The minimum Gasteiger partial charge on any atom is -0.377 e. The lowest BCUT2D eigenvalue weighted by molar-refractivity contribution is -0.00380. The molecule has 0 saturated carbocycles. The number of amides is 1. The smallest absolute Gasteiger partial charge is 0.259 e. The van der Waals surface area contributed by atoms with Crippen molar-refractivity contribution in [1.29, 1.82) is 0 Å². The Bertz CT molecular complexity index is 671. The number of sulfonamides is 1. The summed E-state index contributed by atoms with van der Waals surface area (Å²) in [4.78, 5) is 14.7. The summed E-state index contributed by atoms with van der Waals surface area (Å²) in [5, 5.41) is 3.94. The minimum atomic E-state index is -3.24. The predicted octanol–water partition coefficient (Wildman–Crippen LogP) is 0.716. The Morgan fingerprint density at radius 3 is 2.83 bits per heavy atom. The van der Waals surface area contributed by atoms with Crippen LogP contribution in [0.3, 0.4) is 0 Å². The summed E-state index contributed by atoms with van der Waals surface area (Å²) in [6.45, 7) is 6.84. The average Bonchev–Trinajstić information content (AvgIpc) is 2.95. The van der Waals surface area contributed by atoms with E-state index in [1.54, 1.807) is 18.7 Å². The predicted molar refractivity (Wildman–Crippen MR) is 88.3 cm³/mol. The highest BCUT2D eigenvalue weighted by molar-refractivity contribution is 7.89. The van der Waals surface area contributed by atoms with Gasteiger partial charge in [0.25, 0.3) is 5.91 Å². The molecule has 1 unspecified atom stereocenters. The normalized spacial score (nSPS) is 18.8. The Labute approximate surface area is 142 Å². The number of hydrogen-bond donors (Lipinski definition) is 1. The Hall–Kier alpha value is -1.45. The summed E-state index contributed by atoms with van der Waals surface area (Å²) >= 11 is 0. The summed E-state index contributed by atoms with van der Waals surface area (Å²) in [5.74, 6) is 0.419. The number of morpholine rings is 1. The van der Waals surface area contributed by atoms with Gasteiger partial charge < -0.3 is 14.2 Å². The summed E-state index contributed by atoms with van der Waals surface area (Å²) in [6, 6.07) is -0.176. The molecule has 136 valence electrons. The van der Waals surface area contributed by atoms with Crippen molar-refractivity contribution in [2.24, 2.45) is 0 Å². The fourth-order valence-electron chi connectivity index (χ4n) is 2.72. The zero-order valence-corrected chi connectivity index (χ0v) is 15.2. The lowest BCUT2D eigenvalue weighted by Gasteiger charge is -2.35. The summed E-state index contributed by atoms with van der Waals surface area (Å²) in [5.41, 5.74) is 1.16. The number of hydrogen-bond acceptors (Lipinski definition) is 6. The van der Waals surface area contributed by atoms with Crippen molar-refractivity contribution in [3.05, 3.63) is 17.0 Å². The van der Waals surface area contributed by atoms with Gasteiger partial charge in [0.1, 0.15) is 11.3 Å². The first-order valence-corrected chi connectivity index (χ1v) is 9.86. The van der Waals surface area contributed by atoms with Crippen LogP contribution in [-0.4, -0.2) is 62.5 Å². The van der Waals surface area contributed by atoms with E-state index >= 15 is 0 Å². The highest BCUT2D eigenvalue weighted by Crippen LogP contribution is 2.20. The van der Waals surface area contributed by atoms with Gasteiger partial charge in [-0.05, 0) is 26.7 Å². The SMILES string of the molecule is CCc1noc(C)c1C(=O)N1CCOCC1CCNS(=O)(=O)CC. The van der Waals surface area contributed by atoms with Crippen molar-refractivity contribution in [2.75, 3.05) is 32.1 Å². The Kier molecular flexibility index (Phi) is 6.36. The van der Waals surface area contributed by atoms with Gasteiger partial charge in [0.05, 0.1) is 30.7 Å². The number of carbonyl (C=O) groups excluding carboxylic acids is 1. The maximum absolute atomic E-state index is 12.9. The highest BCUT2D eigenvalue weighted by atomic mass is 32.2. The van der Waals surface area contributed by atoms with Gasteiger partial charge in [-0.15, -0.1) is 0 Å². The quantitative estimate of drug-likeness (QED) is 0.769. The van der Waals surface area contributed by atoms with Crippen molar-refractivity contribution in [2.45, 2.75) is 39.7 Å². The van der Waals surface area contributed by atoms with E-state index in [-0.39, 0.29) is 24.2 Å². The summed E-state index contributed by atoms with van der Waals surface area (Å²) in [7, 11) is -3.24. The molecule has 9 heteroatoms. The molecule has 1 aromatic heterocycles. The molecule has 1 atom stereocenters. The lowest BCUT2D eigenvalue weighted by Crippen LogP contribution is -2.50. The molecule has 1 aliphatic rings. The van der Waals surface area contributed by atoms with Gasteiger partial charge in [-0.1, -0.05) is 12.1 Å². The topological polar surface area (TPSA) is 102 Å². The zero-order valence-electron chi connectivity index (χ0n) is 14.4. The number of aromatic nitrogens is 1. The van der Waals surface area contributed by atoms with Gasteiger partial charge >= 0.3 is 0 Å². The molecule has 0 aliphatic carbocycles. The van der Waals surface area contributed by atoms with Gasteiger partial charge in [0, 0.05) is 13.1 Å². The van der Waals surface area contributed by atoms with Crippen LogP contribution in [0.4, 0.5) is 0 Å². The second-order valence-electron chi connectivity index (χ2n) is 5.73. The van der Waals surface area contributed by atoms with E-state index in [1.807, 2.05) is 6.92 Å². The van der Waals surface area contributed by atoms with Crippen LogP contribution < -0.4 is 4.72 Å². The molecule has 1 aliphatic heterocycles. The van der Waals surface area contributed by atoms with Crippen molar-refractivity contribution >= 4 is 15.9 Å². The molecule has 8 nitrogen and oxygen atoms in total. The molecular weight excluding hydrogens is 334 g/mol. The Balaban J connectivity index is 2.08. The number of nitrogens with zero attached hydrogens (tertiary/aromatic N) is 2. The molecule has 0 bridgehead atoms. The maximum Gasteiger partial charge on any atom is 0.259 e. The van der Waals surface area contributed by atoms with E-state index in [1.165, 1.54) is 0 Å². The van der Waals surface area contributed by atoms with E-state index in [2.05, 4.69) is 9.88 Å². The van der Waals surface area contributed by atoms with E-state index in [9.17, 15) is 13.2 Å². The molecule has 24 heavy (non-hydrogen) atoms. The molecule has 1 saturated heterocycles. The molecular formula is C15H25N3O5S. The summed E-state index contributed by atoms with van der Waals surface area (Å²) < 4.78 is 36.2. The third kappa shape index (κ3) is 4.34. The number of ether oxygens (including phenoxy) is 1. The third-order valence-corrected chi connectivity index (χ3v) is 5.55. The van der Waals surface area contributed by atoms with Gasteiger partial charge in [-0.25, -0.2) is 13.1 Å². The van der Waals surface area contributed by atoms with Gasteiger partial charge in [-0.2, -0.15) is 0 Å². The molecule has 1 N–H and O–H groups in total. The van der Waals surface area contributed by atoms with Crippen LogP contribution in [0.2, 0.25) is 0 Å². The monoisotopic (exact) mass is 359 g/mol. The molecule has 2 rings (SSSR count). The van der Waals surface area contributed by atoms with Gasteiger partial charge in [0.2, 0.25) is 10.0 Å². The second kappa shape index (κ2) is 8.09. The van der Waals surface area contributed by atoms with Gasteiger partial charge in [-0.3, -0.25) is 4.79 Å². The van der Waals surface area contributed by atoms with Crippen LogP contribution in [0.25, 0.3) is 0 Å². The molecule has 1 fully saturated rings. The number of aryl methyl sites for hydroxylation is 2. The fraction of sp³-hybridized carbons (Fsp3) is 0.733. The Morgan fingerprint density at radius 2 is 2.17 bits per heavy atom. The van der Waals surface area contributed by atoms with Crippen LogP contribution >= 0.6 is 0 Å². The largest absolute Gasteiger partial charge is 0.377 e. The van der Waals surface area contributed by atoms with Crippen LogP contribution in [0.15, 0.2) is 4.52 Å². The number of nitrogens with one attached hydrogen (secondary N) is 1. The molecule has 0 aromatic carbocycles. The van der Waals surface area contributed by atoms with E-state index in [0.717, 1.165) is 0 Å². The molecule has 2 heterocycles. The number of rotatable bonds is 7. The van der Waals surface area contributed by atoms with Crippen molar-refractivity contribution in [1.82, 2.24) is 14.8 Å². The Morgan fingerprint density at radius 1 is 1.42 bits per heavy atom. The van der Waals surface area contributed by atoms with Crippen LogP contribution in [0.5, 0.6) is 0 Å². The lowest BCUT2D eigenvalue weighted by atomic mass is 10.1. The van der Waals surface area contributed by atoms with Gasteiger partial charge in [0.15, 0.2) is 0 Å². The first-order valence-electron chi connectivity index (χ1n) is 8.20. The average molecular weight is 359 g/mol. The molecule has 1 aromatic rings. The zero-order chi connectivity index (χ0) is 17.7.